The Hall–Kier alpha value is -0.560. The summed E-state index contributed by atoms with van der Waals surface area (Å²) in [5, 5.41) is 1.91. The Balaban J connectivity index is 2.40. The lowest BCUT2D eigenvalue weighted by atomic mass is 10.4. The van der Waals surface area contributed by atoms with E-state index < -0.39 is 0 Å². The predicted octanol–water partition coefficient (Wildman–Crippen LogP) is -0.216. The van der Waals surface area contributed by atoms with Gasteiger partial charge in [-0.2, -0.15) is 0 Å². The molecule has 0 unspecified atom stereocenters. The number of nitrogens with two attached hydrogens (primary N) is 1. The van der Waals surface area contributed by atoms with Crippen molar-refractivity contribution in [3.05, 3.63) is 24.6 Å². The predicted molar refractivity (Wildman–Crippen MR) is 23.5 cm³/mol. The average Bonchev–Trinajstić information content (AvgIpc) is 1.72. The van der Waals surface area contributed by atoms with E-state index in [-0.39, 0.29) is 0 Å². The second-order valence-electron chi connectivity index (χ2n) is 1.20. The molecule has 1 heteroatoms. The molecule has 0 bridgehead atoms. The fraction of sp³-hybridized carbons (Fsp3) is 0.200. The third kappa shape index (κ3) is 0.692. The van der Waals surface area contributed by atoms with E-state index >= 15 is 0 Å². The minimum Gasteiger partial charge on any atom is -0.448 e. The van der Waals surface area contributed by atoms with E-state index in [4.69, 9.17) is 0 Å². The molecule has 0 amide bonds. The van der Waals surface area contributed by atoms with E-state index in [2.05, 4.69) is 12.3 Å². The largest absolute Gasteiger partial charge is 0.448 e. The Morgan fingerprint density at radius 3 is 2.83 bits per heavy atom. The van der Waals surface area contributed by atoms with E-state index in [0.29, 0.717) is 0 Å². The molecular formula is C5H7N. The van der Waals surface area contributed by atoms with E-state index in [1.807, 2.05) is 17.6 Å². The monoisotopic (exact) mass is 81.1 g/mol. The first-order valence-corrected chi connectivity index (χ1v) is 2.06. The minimum absolute atomic E-state index is 1.05. The van der Waals surface area contributed by atoms with Gasteiger partial charge in [0.15, 0.2) is 0 Å². The lowest BCUT2D eigenvalue weighted by Gasteiger charge is -2.00. The van der Waals surface area contributed by atoms with Gasteiger partial charge in [0, 0.05) is 0 Å². The lowest BCUT2D eigenvalue weighted by Crippen LogP contribution is -2.72. The van der Waals surface area contributed by atoms with Crippen LogP contribution in [-0.2, 0) is 0 Å². The first-order valence-electron chi connectivity index (χ1n) is 2.06. The fourth-order valence-corrected chi connectivity index (χ4v) is 0.406. The van der Waals surface area contributed by atoms with Crippen LogP contribution in [0.2, 0.25) is 0 Å². The summed E-state index contributed by atoms with van der Waals surface area (Å²) < 4.78 is 0. The van der Waals surface area contributed by atoms with Crippen molar-refractivity contribution in [2.24, 2.45) is 0 Å². The van der Waals surface area contributed by atoms with Crippen LogP contribution in [0, 0.1) is 6.20 Å². The van der Waals surface area contributed by atoms with Crippen LogP contribution in [0.3, 0.4) is 0 Å². The Morgan fingerprint density at radius 1 is 1.67 bits per heavy atom. The highest BCUT2D eigenvalue weighted by Crippen LogP contribution is 1.80. The number of hydrogen-bond acceptors (Lipinski definition) is 0. The van der Waals surface area contributed by atoms with E-state index in [1.54, 1.807) is 0 Å². The third-order valence-electron chi connectivity index (χ3n) is 0.700. The number of rotatable bonds is 0. The zero-order valence-corrected chi connectivity index (χ0v) is 3.52. The van der Waals surface area contributed by atoms with Crippen molar-refractivity contribution in [3.8, 4) is 0 Å². The second kappa shape index (κ2) is 1.78. The molecule has 0 aromatic heterocycles. The van der Waals surface area contributed by atoms with Crippen molar-refractivity contribution in [2.45, 2.75) is 6.42 Å². The summed E-state index contributed by atoms with van der Waals surface area (Å²) >= 11 is 0. The maximum absolute atomic E-state index is 2.95. The summed E-state index contributed by atoms with van der Waals surface area (Å²) in [5.74, 6) is 0. The Bertz CT molecular complexity index is 61.9. The molecule has 2 N–H and O–H groups in total. The van der Waals surface area contributed by atoms with Crippen molar-refractivity contribution in [2.75, 3.05) is 0 Å². The quantitative estimate of drug-likeness (QED) is 0.388. The van der Waals surface area contributed by atoms with Gasteiger partial charge in [-0.25, -0.2) is 6.08 Å². The highest BCUT2D eigenvalue weighted by Gasteiger charge is 1.68. The van der Waals surface area contributed by atoms with Crippen LogP contribution in [0.4, 0.5) is 0 Å². The summed E-state index contributed by atoms with van der Waals surface area (Å²) in [6.45, 7) is 0. The van der Waals surface area contributed by atoms with Crippen molar-refractivity contribution < 1.29 is 5.32 Å². The molecule has 32 valence electrons. The first kappa shape index (κ1) is 3.62. The molecule has 1 rings (SSSR count). The molecule has 0 radical (unpaired) electrons. The van der Waals surface area contributed by atoms with Crippen molar-refractivity contribution in [1.29, 1.82) is 0 Å². The molecule has 0 aromatic carbocycles. The Labute approximate surface area is 37.4 Å². The van der Waals surface area contributed by atoms with Crippen LogP contribution < -0.4 is 5.32 Å². The summed E-state index contributed by atoms with van der Waals surface area (Å²) in [4.78, 5) is 0. The van der Waals surface area contributed by atoms with Crippen LogP contribution >= 0.6 is 0 Å². The van der Waals surface area contributed by atoms with Crippen LogP contribution in [0.25, 0.3) is 0 Å². The molecule has 0 aliphatic carbocycles. The molecule has 1 heterocycles. The summed E-state index contributed by atoms with van der Waals surface area (Å²) in [6.07, 6.45) is 10.1. The van der Waals surface area contributed by atoms with Gasteiger partial charge in [0.05, 0.1) is 6.20 Å². The molecule has 0 saturated carbocycles. The van der Waals surface area contributed by atoms with Gasteiger partial charge in [0.1, 0.15) is 0 Å². The SMILES string of the molecule is [C-]1=CCC=C[NH2+]1. The normalized spacial score (nSPS) is 18.7. The van der Waals surface area contributed by atoms with Gasteiger partial charge >= 0.3 is 0 Å². The number of hydrogen-bond donors (Lipinski definition) is 1. The summed E-state index contributed by atoms with van der Waals surface area (Å²) in [6, 6.07) is 0. The first-order chi connectivity index (χ1) is 3.00. The van der Waals surface area contributed by atoms with Gasteiger partial charge < -0.3 is 5.32 Å². The second-order valence-corrected chi connectivity index (χ2v) is 1.20. The maximum Gasteiger partial charge on any atom is 0.0647 e. The molecule has 0 fully saturated rings. The van der Waals surface area contributed by atoms with Crippen LogP contribution in [-0.4, -0.2) is 0 Å². The van der Waals surface area contributed by atoms with Crippen LogP contribution in [0.15, 0.2) is 18.4 Å². The van der Waals surface area contributed by atoms with Crippen molar-refractivity contribution in [3.63, 3.8) is 0 Å². The highest BCUT2D eigenvalue weighted by atomic mass is 14.8. The van der Waals surface area contributed by atoms with Gasteiger partial charge in [-0.1, -0.05) is 0 Å². The van der Waals surface area contributed by atoms with Gasteiger partial charge in [0.2, 0.25) is 0 Å². The smallest absolute Gasteiger partial charge is 0.0647 e. The summed E-state index contributed by atoms with van der Waals surface area (Å²) in [7, 11) is 0. The van der Waals surface area contributed by atoms with Gasteiger partial charge in [0.25, 0.3) is 0 Å². The van der Waals surface area contributed by atoms with Crippen molar-refractivity contribution in [1.82, 2.24) is 0 Å². The molecule has 1 nitrogen and oxygen atoms in total. The molecule has 6 heavy (non-hydrogen) atoms. The molecule has 0 aromatic rings. The topological polar surface area (TPSA) is 16.6 Å². The maximum atomic E-state index is 2.95. The highest BCUT2D eigenvalue weighted by molar-refractivity contribution is 4.85. The summed E-state index contributed by atoms with van der Waals surface area (Å²) in [5.41, 5.74) is 0. The standard InChI is InChI=1S/C5H7N/c1-2-4-6-5-3-1/h2-4H,1,6H2. The van der Waals surface area contributed by atoms with E-state index in [1.165, 1.54) is 0 Å². The van der Waals surface area contributed by atoms with E-state index in [0.717, 1.165) is 6.42 Å². The molecular weight excluding hydrogens is 74.1 g/mol. The Morgan fingerprint density at radius 2 is 2.67 bits per heavy atom. The minimum atomic E-state index is 1.05. The zero-order chi connectivity index (χ0) is 4.24. The van der Waals surface area contributed by atoms with Gasteiger partial charge in [-0.15, -0.1) is 0 Å². The van der Waals surface area contributed by atoms with Crippen molar-refractivity contribution >= 4 is 0 Å². The zero-order valence-electron chi connectivity index (χ0n) is 3.52. The number of quaternary nitrogens is 1. The number of allylic oxidation sites excluding steroid dienone is 2. The molecule has 1 aliphatic heterocycles. The van der Waals surface area contributed by atoms with Crippen LogP contribution in [0.5, 0.6) is 0 Å². The molecule has 1 aliphatic rings. The Kier molecular flexibility index (Phi) is 1.07. The van der Waals surface area contributed by atoms with Gasteiger partial charge in [-0.3, -0.25) is 6.20 Å². The molecule has 0 saturated heterocycles. The van der Waals surface area contributed by atoms with Gasteiger partial charge in [-0.05, 0) is 12.5 Å². The lowest BCUT2D eigenvalue weighted by molar-refractivity contribution is -0.532. The van der Waals surface area contributed by atoms with E-state index in [9.17, 15) is 0 Å². The average molecular weight is 81.1 g/mol. The fourth-order valence-electron chi connectivity index (χ4n) is 0.406. The van der Waals surface area contributed by atoms with Crippen LogP contribution in [0.1, 0.15) is 6.42 Å². The molecule has 0 spiro atoms. The molecule has 0 atom stereocenters. The third-order valence-corrected chi connectivity index (χ3v) is 0.700.